The van der Waals surface area contributed by atoms with Crippen molar-refractivity contribution >= 4 is 43.5 Å². The number of halogens is 2. The quantitative estimate of drug-likeness (QED) is 0.380. The lowest BCUT2D eigenvalue weighted by molar-refractivity contribution is 0.0992. The van der Waals surface area contributed by atoms with Gasteiger partial charge in [0.2, 0.25) is 0 Å². The molecule has 1 aromatic heterocycles. The summed E-state index contributed by atoms with van der Waals surface area (Å²) in [4.78, 5) is 24.2. The van der Waals surface area contributed by atoms with E-state index < -0.39 is 0 Å². The molecule has 2 aromatic carbocycles. The first kappa shape index (κ1) is 24.2. The number of methoxy groups -OCH3 is 1. The average Bonchev–Trinajstić information content (AvgIpc) is 3.20. The number of nitrogens with one attached hydrogen (secondary N) is 1. The molecule has 5 rings (SSSR count). The number of amides is 1. The molecule has 3 heterocycles. The summed E-state index contributed by atoms with van der Waals surface area (Å²) in [5.41, 5.74) is 2.76. The average molecular weight is 602 g/mol. The van der Waals surface area contributed by atoms with E-state index in [0.717, 1.165) is 45.3 Å². The van der Waals surface area contributed by atoms with E-state index in [1.165, 1.54) is 12.8 Å². The molecule has 9 heteroatoms. The van der Waals surface area contributed by atoms with Crippen molar-refractivity contribution in [2.45, 2.75) is 25.8 Å². The number of rotatable bonds is 7. The van der Waals surface area contributed by atoms with Crippen LogP contribution in [-0.4, -0.2) is 42.7 Å². The van der Waals surface area contributed by atoms with Crippen LogP contribution in [0.5, 0.6) is 11.5 Å². The van der Waals surface area contributed by atoms with Gasteiger partial charge >= 0.3 is 0 Å². The number of benzene rings is 2. The highest BCUT2D eigenvalue weighted by Crippen LogP contribution is 2.37. The van der Waals surface area contributed by atoms with E-state index in [1.807, 2.05) is 36.4 Å². The van der Waals surface area contributed by atoms with Crippen molar-refractivity contribution in [2.75, 3.05) is 31.7 Å². The molecule has 7 nitrogen and oxygen atoms in total. The molecular formula is C26H26Br2N4O3. The standard InChI is InChI=1S/C26H26Br2N4O3/c1-34-22-12-18(7-8-21(22)35-11-9-16-4-3-10-29-13-16)32-15-17-14-30-25(31-24(17)26(32)33)23-19(27)5-2-6-20(23)28/h2,5-8,12,14,16,29H,3-4,9-11,13,15H2,1H3. The summed E-state index contributed by atoms with van der Waals surface area (Å²) < 4.78 is 13.3. The molecule has 0 spiro atoms. The van der Waals surface area contributed by atoms with Crippen LogP contribution in [0.4, 0.5) is 5.69 Å². The molecule has 35 heavy (non-hydrogen) atoms. The minimum Gasteiger partial charge on any atom is -0.493 e. The Balaban J connectivity index is 1.32. The second-order valence-electron chi connectivity index (χ2n) is 8.74. The summed E-state index contributed by atoms with van der Waals surface area (Å²) >= 11 is 7.11. The van der Waals surface area contributed by atoms with Gasteiger partial charge in [-0.1, -0.05) is 6.07 Å². The van der Waals surface area contributed by atoms with Gasteiger partial charge in [-0.25, -0.2) is 9.97 Å². The van der Waals surface area contributed by atoms with Crippen LogP contribution in [0.3, 0.4) is 0 Å². The Morgan fingerprint density at radius 3 is 2.74 bits per heavy atom. The van der Waals surface area contributed by atoms with E-state index in [-0.39, 0.29) is 5.91 Å². The maximum Gasteiger partial charge on any atom is 0.277 e. The number of hydrogen-bond donors (Lipinski definition) is 1. The molecule has 0 aliphatic carbocycles. The van der Waals surface area contributed by atoms with E-state index >= 15 is 0 Å². The van der Waals surface area contributed by atoms with Crippen LogP contribution < -0.4 is 19.7 Å². The van der Waals surface area contributed by atoms with Gasteiger partial charge in [0.15, 0.2) is 17.3 Å². The summed E-state index contributed by atoms with van der Waals surface area (Å²) in [5, 5.41) is 3.44. The van der Waals surface area contributed by atoms with Crippen LogP contribution in [0, 0.1) is 5.92 Å². The molecular weight excluding hydrogens is 576 g/mol. The van der Waals surface area contributed by atoms with E-state index in [2.05, 4.69) is 47.1 Å². The number of carbonyl (C=O) groups excluding carboxylic acids is 1. The largest absolute Gasteiger partial charge is 0.493 e. The van der Waals surface area contributed by atoms with Gasteiger partial charge in [-0.15, -0.1) is 0 Å². The Kier molecular flexibility index (Phi) is 7.36. The Bertz CT molecular complexity index is 1230. The third kappa shape index (κ3) is 5.08. The zero-order valence-corrected chi connectivity index (χ0v) is 22.6. The van der Waals surface area contributed by atoms with Crippen LogP contribution >= 0.6 is 31.9 Å². The van der Waals surface area contributed by atoms with E-state index in [1.54, 1.807) is 18.2 Å². The number of hydrogen-bond acceptors (Lipinski definition) is 6. The minimum absolute atomic E-state index is 0.160. The Morgan fingerprint density at radius 2 is 2.00 bits per heavy atom. The first-order valence-electron chi connectivity index (χ1n) is 11.7. The van der Waals surface area contributed by atoms with Gasteiger partial charge in [0.1, 0.15) is 5.69 Å². The lowest BCUT2D eigenvalue weighted by Crippen LogP contribution is -2.30. The molecule has 182 valence electrons. The molecule has 2 aliphatic heterocycles. The number of ether oxygens (including phenoxy) is 2. The van der Waals surface area contributed by atoms with Crippen molar-refractivity contribution in [3.8, 4) is 22.9 Å². The van der Waals surface area contributed by atoms with Crippen molar-refractivity contribution in [3.05, 3.63) is 62.8 Å². The number of carbonyl (C=O) groups is 1. The minimum atomic E-state index is -0.160. The van der Waals surface area contributed by atoms with Gasteiger partial charge in [-0.05, 0) is 94.4 Å². The van der Waals surface area contributed by atoms with Gasteiger partial charge in [0.25, 0.3) is 5.91 Å². The van der Waals surface area contributed by atoms with Crippen molar-refractivity contribution in [2.24, 2.45) is 5.92 Å². The molecule has 1 fully saturated rings. The number of piperidine rings is 1. The van der Waals surface area contributed by atoms with Crippen molar-refractivity contribution in [1.29, 1.82) is 0 Å². The predicted molar refractivity (Wildman–Crippen MR) is 142 cm³/mol. The van der Waals surface area contributed by atoms with E-state index in [4.69, 9.17) is 9.47 Å². The predicted octanol–water partition coefficient (Wildman–Crippen LogP) is 5.61. The fourth-order valence-corrected chi connectivity index (χ4v) is 5.92. The normalized spacial score (nSPS) is 17.4. The van der Waals surface area contributed by atoms with Crippen molar-refractivity contribution < 1.29 is 14.3 Å². The lowest BCUT2D eigenvalue weighted by atomic mass is 9.97. The monoisotopic (exact) mass is 600 g/mol. The second-order valence-corrected chi connectivity index (χ2v) is 10.4. The Hall–Kier alpha value is -2.49. The maximum absolute atomic E-state index is 13.3. The molecule has 3 aromatic rings. The van der Waals surface area contributed by atoms with Gasteiger partial charge < -0.3 is 19.7 Å². The SMILES string of the molecule is COc1cc(N2Cc3cnc(-c4c(Br)cccc4Br)nc3C2=O)ccc1OCCC1CCCNC1. The summed E-state index contributed by atoms with van der Waals surface area (Å²) in [6.45, 7) is 3.21. The third-order valence-corrected chi connectivity index (χ3v) is 7.79. The summed E-state index contributed by atoms with van der Waals surface area (Å²) in [5.74, 6) is 2.28. The number of anilines is 1. The summed E-state index contributed by atoms with van der Waals surface area (Å²) in [6.07, 6.45) is 5.20. The van der Waals surface area contributed by atoms with Gasteiger partial charge in [0, 0.05) is 38.0 Å². The maximum atomic E-state index is 13.3. The molecule has 0 radical (unpaired) electrons. The molecule has 1 amide bonds. The molecule has 1 N–H and O–H groups in total. The third-order valence-electron chi connectivity index (χ3n) is 6.47. The van der Waals surface area contributed by atoms with E-state index in [9.17, 15) is 4.79 Å². The van der Waals surface area contributed by atoms with Gasteiger partial charge in [-0.3, -0.25) is 4.79 Å². The van der Waals surface area contributed by atoms with E-state index in [0.29, 0.717) is 42.1 Å². The molecule has 1 atom stereocenters. The van der Waals surface area contributed by atoms with Gasteiger partial charge in [0.05, 0.1) is 20.3 Å². The lowest BCUT2D eigenvalue weighted by Gasteiger charge is -2.23. The fraction of sp³-hybridized carbons (Fsp3) is 0.346. The van der Waals surface area contributed by atoms with Crippen molar-refractivity contribution in [3.63, 3.8) is 0 Å². The second kappa shape index (κ2) is 10.6. The van der Waals surface area contributed by atoms with Crippen LogP contribution in [0.15, 0.2) is 51.5 Å². The summed E-state index contributed by atoms with van der Waals surface area (Å²) in [6, 6.07) is 11.4. The summed E-state index contributed by atoms with van der Waals surface area (Å²) in [7, 11) is 1.62. The topological polar surface area (TPSA) is 76.6 Å². The number of nitrogens with zero attached hydrogens (tertiary/aromatic N) is 3. The smallest absolute Gasteiger partial charge is 0.277 e. The molecule has 2 aliphatic rings. The first-order valence-corrected chi connectivity index (χ1v) is 13.3. The van der Waals surface area contributed by atoms with Crippen LogP contribution in [0.2, 0.25) is 0 Å². The zero-order valence-electron chi connectivity index (χ0n) is 19.4. The zero-order chi connectivity index (χ0) is 24.4. The Labute approximate surface area is 221 Å². The fourth-order valence-electron chi connectivity index (χ4n) is 4.57. The molecule has 0 saturated carbocycles. The Morgan fingerprint density at radius 1 is 1.17 bits per heavy atom. The van der Waals surface area contributed by atoms with Gasteiger partial charge in [-0.2, -0.15) is 0 Å². The number of fused-ring (bicyclic) bond motifs is 1. The molecule has 1 unspecified atom stereocenters. The molecule has 1 saturated heterocycles. The van der Waals surface area contributed by atoms with Crippen LogP contribution in [-0.2, 0) is 6.54 Å². The highest BCUT2D eigenvalue weighted by Gasteiger charge is 2.32. The van der Waals surface area contributed by atoms with Crippen LogP contribution in [0.25, 0.3) is 11.4 Å². The van der Waals surface area contributed by atoms with Crippen molar-refractivity contribution in [1.82, 2.24) is 15.3 Å². The number of aromatic nitrogens is 2. The highest BCUT2D eigenvalue weighted by atomic mass is 79.9. The highest BCUT2D eigenvalue weighted by molar-refractivity contribution is 9.11. The first-order chi connectivity index (χ1) is 17.0. The molecule has 0 bridgehead atoms. The van der Waals surface area contributed by atoms with Crippen LogP contribution in [0.1, 0.15) is 35.3 Å².